The monoisotopic (exact) mass is 243 g/mol. The zero-order valence-corrected chi connectivity index (χ0v) is 11.8. The summed E-state index contributed by atoms with van der Waals surface area (Å²) in [7, 11) is 1.77. The van der Waals surface area contributed by atoms with Crippen molar-refractivity contribution in [3.8, 4) is 0 Å². The van der Waals surface area contributed by atoms with Crippen molar-refractivity contribution in [3.63, 3.8) is 0 Å². The highest BCUT2D eigenvalue weighted by Crippen LogP contribution is 2.19. The SMILES string of the molecule is COCCC(C)(C)CNCCCC1CCCO1. The van der Waals surface area contributed by atoms with Crippen molar-refractivity contribution in [1.82, 2.24) is 5.32 Å². The Labute approximate surface area is 106 Å². The largest absolute Gasteiger partial charge is 0.385 e. The van der Waals surface area contributed by atoms with Gasteiger partial charge >= 0.3 is 0 Å². The topological polar surface area (TPSA) is 30.5 Å². The first-order chi connectivity index (χ1) is 8.14. The second-order valence-electron chi connectivity index (χ2n) is 5.86. The van der Waals surface area contributed by atoms with Crippen LogP contribution in [0.1, 0.15) is 46.0 Å². The molecule has 1 saturated heterocycles. The lowest BCUT2D eigenvalue weighted by Crippen LogP contribution is -2.31. The third kappa shape index (κ3) is 7.02. The average Bonchev–Trinajstić information content (AvgIpc) is 2.79. The molecule has 0 saturated carbocycles. The molecule has 1 N–H and O–H groups in total. The molecule has 1 aliphatic rings. The van der Waals surface area contributed by atoms with Gasteiger partial charge in [0.05, 0.1) is 6.10 Å². The molecule has 0 aromatic heterocycles. The number of hydrogen-bond acceptors (Lipinski definition) is 3. The molecule has 102 valence electrons. The molecule has 1 heterocycles. The Kier molecular flexibility index (Phi) is 7.09. The summed E-state index contributed by atoms with van der Waals surface area (Å²) in [6.45, 7) is 8.59. The van der Waals surface area contributed by atoms with Gasteiger partial charge in [0.15, 0.2) is 0 Å². The van der Waals surface area contributed by atoms with Crippen LogP contribution >= 0.6 is 0 Å². The van der Waals surface area contributed by atoms with E-state index in [2.05, 4.69) is 19.2 Å². The molecule has 0 bridgehead atoms. The van der Waals surface area contributed by atoms with Crippen molar-refractivity contribution in [2.75, 3.05) is 33.4 Å². The molecule has 3 heteroatoms. The normalized spacial score (nSPS) is 21.0. The van der Waals surface area contributed by atoms with Crippen LogP contribution in [0.4, 0.5) is 0 Å². The molecular formula is C14H29NO2. The van der Waals surface area contributed by atoms with E-state index < -0.39 is 0 Å². The fourth-order valence-electron chi connectivity index (χ4n) is 2.22. The van der Waals surface area contributed by atoms with Gasteiger partial charge in [-0.05, 0) is 44.1 Å². The van der Waals surface area contributed by atoms with Crippen LogP contribution in [-0.2, 0) is 9.47 Å². The third-order valence-electron chi connectivity index (χ3n) is 3.49. The molecule has 0 aromatic carbocycles. The van der Waals surface area contributed by atoms with Gasteiger partial charge in [0.25, 0.3) is 0 Å². The van der Waals surface area contributed by atoms with E-state index in [0.29, 0.717) is 11.5 Å². The maximum atomic E-state index is 5.61. The summed E-state index contributed by atoms with van der Waals surface area (Å²) >= 11 is 0. The molecular weight excluding hydrogens is 214 g/mol. The van der Waals surface area contributed by atoms with Crippen molar-refractivity contribution < 1.29 is 9.47 Å². The van der Waals surface area contributed by atoms with E-state index in [1.165, 1.54) is 25.7 Å². The zero-order valence-electron chi connectivity index (χ0n) is 11.8. The van der Waals surface area contributed by atoms with Crippen molar-refractivity contribution in [2.45, 2.75) is 52.1 Å². The molecule has 0 amide bonds. The van der Waals surface area contributed by atoms with Crippen LogP contribution in [0.2, 0.25) is 0 Å². The van der Waals surface area contributed by atoms with Gasteiger partial charge in [-0.15, -0.1) is 0 Å². The van der Waals surface area contributed by atoms with Gasteiger partial charge < -0.3 is 14.8 Å². The lowest BCUT2D eigenvalue weighted by atomic mass is 9.90. The van der Waals surface area contributed by atoms with Crippen LogP contribution in [0, 0.1) is 5.41 Å². The van der Waals surface area contributed by atoms with Crippen LogP contribution in [0.15, 0.2) is 0 Å². The van der Waals surface area contributed by atoms with Gasteiger partial charge in [-0.1, -0.05) is 13.8 Å². The molecule has 0 spiro atoms. The highest BCUT2D eigenvalue weighted by molar-refractivity contribution is 4.72. The van der Waals surface area contributed by atoms with Gasteiger partial charge in [-0.2, -0.15) is 0 Å². The van der Waals surface area contributed by atoms with Gasteiger partial charge in [0.2, 0.25) is 0 Å². The van der Waals surface area contributed by atoms with Crippen LogP contribution in [0.3, 0.4) is 0 Å². The Morgan fingerprint density at radius 3 is 2.88 bits per heavy atom. The summed E-state index contributed by atoms with van der Waals surface area (Å²) in [5, 5.41) is 3.55. The van der Waals surface area contributed by atoms with Crippen molar-refractivity contribution in [2.24, 2.45) is 5.41 Å². The summed E-state index contributed by atoms with van der Waals surface area (Å²) in [5.41, 5.74) is 0.333. The summed E-state index contributed by atoms with van der Waals surface area (Å²) in [5.74, 6) is 0. The molecule has 0 aromatic rings. The summed E-state index contributed by atoms with van der Waals surface area (Å²) in [6.07, 6.45) is 6.61. The third-order valence-corrected chi connectivity index (χ3v) is 3.49. The Morgan fingerprint density at radius 1 is 1.41 bits per heavy atom. The van der Waals surface area contributed by atoms with Crippen LogP contribution < -0.4 is 5.32 Å². The number of nitrogens with one attached hydrogen (secondary N) is 1. The second-order valence-corrected chi connectivity index (χ2v) is 5.86. The second kappa shape index (κ2) is 8.06. The lowest BCUT2D eigenvalue weighted by Gasteiger charge is -2.24. The van der Waals surface area contributed by atoms with Gasteiger partial charge in [0.1, 0.15) is 0 Å². The fraction of sp³-hybridized carbons (Fsp3) is 1.00. The minimum absolute atomic E-state index is 0.333. The van der Waals surface area contributed by atoms with E-state index in [9.17, 15) is 0 Å². The van der Waals surface area contributed by atoms with Gasteiger partial charge in [-0.3, -0.25) is 0 Å². The van der Waals surface area contributed by atoms with E-state index in [0.717, 1.165) is 32.7 Å². The van der Waals surface area contributed by atoms with Crippen molar-refractivity contribution >= 4 is 0 Å². The fourth-order valence-corrected chi connectivity index (χ4v) is 2.22. The number of methoxy groups -OCH3 is 1. The standard InChI is InChI=1S/C14H29NO2/c1-14(2,8-11-16-3)12-15-9-4-6-13-7-5-10-17-13/h13,15H,4-12H2,1-3H3. The molecule has 1 atom stereocenters. The minimum atomic E-state index is 0.333. The first kappa shape index (κ1) is 14.9. The Bertz CT molecular complexity index is 189. The first-order valence-corrected chi connectivity index (χ1v) is 6.95. The number of hydrogen-bond donors (Lipinski definition) is 1. The first-order valence-electron chi connectivity index (χ1n) is 6.95. The lowest BCUT2D eigenvalue weighted by molar-refractivity contribution is 0.102. The van der Waals surface area contributed by atoms with E-state index in [1.807, 2.05) is 0 Å². The smallest absolute Gasteiger partial charge is 0.0576 e. The van der Waals surface area contributed by atoms with Crippen LogP contribution in [0.25, 0.3) is 0 Å². The molecule has 0 radical (unpaired) electrons. The average molecular weight is 243 g/mol. The van der Waals surface area contributed by atoms with Gasteiger partial charge in [-0.25, -0.2) is 0 Å². The molecule has 1 unspecified atom stereocenters. The predicted octanol–water partition coefficient (Wildman–Crippen LogP) is 2.60. The highest BCUT2D eigenvalue weighted by Gasteiger charge is 2.17. The Hall–Kier alpha value is -0.120. The Morgan fingerprint density at radius 2 is 2.24 bits per heavy atom. The van der Waals surface area contributed by atoms with Crippen LogP contribution in [0.5, 0.6) is 0 Å². The molecule has 1 aliphatic heterocycles. The zero-order chi connectivity index (χ0) is 12.6. The van der Waals surface area contributed by atoms with Gasteiger partial charge in [0, 0.05) is 26.9 Å². The molecule has 0 aliphatic carbocycles. The van der Waals surface area contributed by atoms with E-state index >= 15 is 0 Å². The van der Waals surface area contributed by atoms with Crippen molar-refractivity contribution in [1.29, 1.82) is 0 Å². The maximum absolute atomic E-state index is 5.61. The number of ether oxygens (including phenoxy) is 2. The van der Waals surface area contributed by atoms with Crippen molar-refractivity contribution in [3.05, 3.63) is 0 Å². The summed E-state index contributed by atoms with van der Waals surface area (Å²) < 4.78 is 10.7. The molecule has 1 rings (SSSR count). The molecule has 1 fully saturated rings. The van der Waals surface area contributed by atoms with E-state index in [-0.39, 0.29) is 0 Å². The minimum Gasteiger partial charge on any atom is -0.385 e. The molecule has 17 heavy (non-hydrogen) atoms. The van der Waals surface area contributed by atoms with Crippen LogP contribution in [-0.4, -0.2) is 39.5 Å². The van der Waals surface area contributed by atoms with E-state index in [1.54, 1.807) is 7.11 Å². The highest BCUT2D eigenvalue weighted by atomic mass is 16.5. The van der Waals surface area contributed by atoms with E-state index in [4.69, 9.17) is 9.47 Å². The predicted molar refractivity (Wildman–Crippen MR) is 71.4 cm³/mol. The maximum Gasteiger partial charge on any atom is 0.0576 e. The summed E-state index contributed by atoms with van der Waals surface area (Å²) in [6, 6.07) is 0. The summed E-state index contributed by atoms with van der Waals surface area (Å²) in [4.78, 5) is 0. The Balaban J connectivity index is 1.95. The molecule has 3 nitrogen and oxygen atoms in total. The quantitative estimate of drug-likeness (QED) is 0.631. The number of rotatable bonds is 9.